The standard InChI is InChI=1S/C10H19N3OS.ClH/c1-3-10(2,4-5-14)13-7-8-6-12-9(11)15-8;/h6,13-14H,3-5,7H2,1-2H3,(H2,11,12);1H. The number of aliphatic hydroxyl groups excluding tert-OH is 1. The van der Waals surface area contributed by atoms with Gasteiger partial charge in [0.25, 0.3) is 0 Å². The summed E-state index contributed by atoms with van der Waals surface area (Å²) in [6.07, 6.45) is 3.54. The molecule has 4 nitrogen and oxygen atoms in total. The van der Waals surface area contributed by atoms with Gasteiger partial charge in [-0.15, -0.1) is 23.7 Å². The van der Waals surface area contributed by atoms with E-state index in [1.165, 1.54) is 11.3 Å². The summed E-state index contributed by atoms with van der Waals surface area (Å²) in [5.41, 5.74) is 5.54. The van der Waals surface area contributed by atoms with Gasteiger partial charge in [0, 0.05) is 29.8 Å². The van der Waals surface area contributed by atoms with Crippen LogP contribution in [0.3, 0.4) is 0 Å². The fourth-order valence-corrected chi connectivity index (χ4v) is 1.97. The molecule has 1 atom stereocenters. The second-order valence-electron chi connectivity index (χ2n) is 3.91. The molecule has 0 spiro atoms. The van der Waals surface area contributed by atoms with E-state index >= 15 is 0 Å². The Morgan fingerprint density at radius 1 is 1.62 bits per heavy atom. The van der Waals surface area contributed by atoms with E-state index in [1.54, 1.807) is 6.20 Å². The predicted octanol–water partition coefficient (Wildman–Crippen LogP) is 1.79. The van der Waals surface area contributed by atoms with Crippen molar-refractivity contribution in [1.29, 1.82) is 0 Å². The van der Waals surface area contributed by atoms with Crippen LogP contribution in [0, 0.1) is 0 Å². The molecule has 0 fully saturated rings. The number of hydrogen-bond donors (Lipinski definition) is 3. The van der Waals surface area contributed by atoms with Crippen LogP contribution in [0.2, 0.25) is 0 Å². The van der Waals surface area contributed by atoms with Gasteiger partial charge in [0.05, 0.1) is 0 Å². The first-order valence-corrected chi connectivity index (χ1v) is 5.97. The van der Waals surface area contributed by atoms with Gasteiger partial charge in [0.1, 0.15) is 0 Å². The average Bonchev–Trinajstić information content (AvgIpc) is 2.62. The number of thiazole rings is 1. The lowest BCUT2D eigenvalue weighted by Gasteiger charge is -2.28. The Kier molecular flexibility index (Phi) is 6.90. The number of rotatable bonds is 6. The van der Waals surface area contributed by atoms with Gasteiger partial charge in [-0.05, 0) is 19.8 Å². The molecule has 1 heterocycles. The first-order valence-electron chi connectivity index (χ1n) is 5.15. The predicted molar refractivity (Wildman–Crippen MR) is 71.0 cm³/mol. The summed E-state index contributed by atoms with van der Waals surface area (Å²) in [7, 11) is 0. The molecule has 1 aromatic heterocycles. The number of halogens is 1. The summed E-state index contributed by atoms with van der Waals surface area (Å²) in [6.45, 7) is 5.21. The number of nitrogens with one attached hydrogen (secondary N) is 1. The molecule has 0 saturated carbocycles. The van der Waals surface area contributed by atoms with Crippen LogP contribution >= 0.6 is 23.7 Å². The van der Waals surface area contributed by atoms with Crippen molar-refractivity contribution in [3.8, 4) is 0 Å². The van der Waals surface area contributed by atoms with E-state index in [0.717, 1.165) is 24.3 Å². The molecule has 4 N–H and O–H groups in total. The maximum absolute atomic E-state index is 8.96. The lowest BCUT2D eigenvalue weighted by Crippen LogP contribution is -2.41. The van der Waals surface area contributed by atoms with Gasteiger partial charge in [-0.1, -0.05) is 6.92 Å². The van der Waals surface area contributed by atoms with Crippen molar-refractivity contribution in [2.75, 3.05) is 12.3 Å². The molecule has 1 rings (SSSR count). The van der Waals surface area contributed by atoms with Crippen LogP contribution in [0.1, 0.15) is 31.6 Å². The minimum Gasteiger partial charge on any atom is -0.396 e. The molecule has 0 aliphatic heterocycles. The van der Waals surface area contributed by atoms with Crippen LogP contribution in [0.5, 0.6) is 0 Å². The molecule has 1 unspecified atom stereocenters. The van der Waals surface area contributed by atoms with Gasteiger partial charge in [-0.2, -0.15) is 0 Å². The van der Waals surface area contributed by atoms with Crippen molar-refractivity contribution in [2.24, 2.45) is 0 Å². The monoisotopic (exact) mass is 265 g/mol. The third-order valence-corrected chi connectivity index (χ3v) is 3.53. The molecule has 0 aliphatic rings. The third-order valence-electron chi connectivity index (χ3n) is 2.70. The number of aromatic nitrogens is 1. The maximum atomic E-state index is 8.96. The molecule has 0 radical (unpaired) electrons. The van der Waals surface area contributed by atoms with Gasteiger partial charge in [-0.25, -0.2) is 4.98 Å². The van der Waals surface area contributed by atoms with Gasteiger partial charge in [0.2, 0.25) is 0 Å². The first kappa shape index (κ1) is 15.6. The van der Waals surface area contributed by atoms with E-state index in [9.17, 15) is 0 Å². The van der Waals surface area contributed by atoms with Gasteiger partial charge < -0.3 is 16.2 Å². The fraction of sp³-hybridized carbons (Fsp3) is 0.700. The van der Waals surface area contributed by atoms with Crippen LogP contribution in [0.15, 0.2) is 6.20 Å². The molecule has 0 aliphatic carbocycles. The normalized spacial score (nSPS) is 14.2. The quantitative estimate of drug-likeness (QED) is 0.733. The lowest BCUT2D eigenvalue weighted by atomic mass is 9.95. The Labute approximate surface area is 107 Å². The SMILES string of the molecule is CCC(C)(CCO)NCc1cnc(N)s1.Cl. The van der Waals surface area contributed by atoms with Crippen LogP contribution < -0.4 is 11.1 Å². The van der Waals surface area contributed by atoms with Crippen molar-refractivity contribution in [3.63, 3.8) is 0 Å². The lowest BCUT2D eigenvalue weighted by molar-refractivity contribution is 0.215. The molecule has 94 valence electrons. The van der Waals surface area contributed by atoms with E-state index in [-0.39, 0.29) is 24.6 Å². The van der Waals surface area contributed by atoms with E-state index in [4.69, 9.17) is 10.8 Å². The van der Waals surface area contributed by atoms with Gasteiger partial charge in [0.15, 0.2) is 5.13 Å². The molecule has 16 heavy (non-hydrogen) atoms. The summed E-state index contributed by atoms with van der Waals surface area (Å²) in [5, 5.41) is 13.0. The molecule has 0 saturated heterocycles. The van der Waals surface area contributed by atoms with E-state index < -0.39 is 0 Å². The molecular weight excluding hydrogens is 246 g/mol. The summed E-state index contributed by atoms with van der Waals surface area (Å²) in [5.74, 6) is 0. The Balaban J connectivity index is 0.00000225. The van der Waals surface area contributed by atoms with Crippen LogP contribution in [-0.2, 0) is 6.54 Å². The Morgan fingerprint density at radius 2 is 2.31 bits per heavy atom. The Morgan fingerprint density at radius 3 is 2.75 bits per heavy atom. The van der Waals surface area contributed by atoms with E-state index in [0.29, 0.717) is 5.13 Å². The summed E-state index contributed by atoms with van der Waals surface area (Å²) in [4.78, 5) is 5.13. The van der Waals surface area contributed by atoms with Gasteiger partial charge in [-0.3, -0.25) is 0 Å². The zero-order chi connectivity index (χ0) is 11.3. The Bertz CT molecular complexity index is 308. The second-order valence-corrected chi connectivity index (χ2v) is 5.05. The fourth-order valence-electron chi connectivity index (χ4n) is 1.34. The number of nitrogens with zero attached hydrogens (tertiary/aromatic N) is 1. The molecule has 0 bridgehead atoms. The van der Waals surface area contributed by atoms with Crippen LogP contribution in [-0.4, -0.2) is 22.2 Å². The smallest absolute Gasteiger partial charge is 0.180 e. The molecular formula is C10H20ClN3OS. The van der Waals surface area contributed by atoms with Crippen molar-refractivity contribution in [3.05, 3.63) is 11.1 Å². The summed E-state index contributed by atoms with van der Waals surface area (Å²) >= 11 is 1.50. The zero-order valence-corrected chi connectivity index (χ0v) is 11.3. The molecule has 1 aromatic rings. The average molecular weight is 266 g/mol. The van der Waals surface area contributed by atoms with Crippen molar-refractivity contribution >= 4 is 28.9 Å². The highest BCUT2D eigenvalue weighted by Gasteiger charge is 2.20. The molecule has 0 aromatic carbocycles. The first-order chi connectivity index (χ1) is 7.09. The van der Waals surface area contributed by atoms with Crippen LogP contribution in [0.25, 0.3) is 0 Å². The van der Waals surface area contributed by atoms with Crippen molar-refractivity contribution < 1.29 is 5.11 Å². The minimum atomic E-state index is -0.00645. The number of hydrogen-bond acceptors (Lipinski definition) is 5. The Hall–Kier alpha value is -0.360. The zero-order valence-electron chi connectivity index (χ0n) is 9.69. The highest BCUT2D eigenvalue weighted by molar-refractivity contribution is 7.15. The highest BCUT2D eigenvalue weighted by atomic mass is 35.5. The number of nitrogens with two attached hydrogens (primary N) is 1. The largest absolute Gasteiger partial charge is 0.396 e. The minimum absolute atomic E-state index is 0. The number of nitrogen functional groups attached to an aromatic ring is 1. The maximum Gasteiger partial charge on any atom is 0.180 e. The van der Waals surface area contributed by atoms with E-state index in [1.807, 2.05) is 0 Å². The van der Waals surface area contributed by atoms with Crippen LogP contribution in [0.4, 0.5) is 5.13 Å². The van der Waals surface area contributed by atoms with Gasteiger partial charge >= 0.3 is 0 Å². The topological polar surface area (TPSA) is 71.2 Å². The third kappa shape index (κ3) is 4.65. The molecule has 6 heteroatoms. The summed E-state index contributed by atoms with van der Waals surface area (Å²) < 4.78 is 0. The van der Waals surface area contributed by atoms with E-state index in [2.05, 4.69) is 24.1 Å². The second kappa shape index (κ2) is 7.06. The number of aliphatic hydroxyl groups is 1. The highest BCUT2D eigenvalue weighted by Crippen LogP contribution is 2.18. The molecule has 0 amide bonds. The summed E-state index contributed by atoms with van der Waals surface area (Å²) in [6, 6.07) is 0. The van der Waals surface area contributed by atoms with Crippen molar-refractivity contribution in [2.45, 2.75) is 38.8 Å². The number of anilines is 1. The van der Waals surface area contributed by atoms with Crippen molar-refractivity contribution in [1.82, 2.24) is 10.3 Å².